The number of rotatable bonds is 7. The molecule has 2 aromatic carbocycles. The molecule has 146 valence electrons. The molecule has 1 fully saturated rings. The monoisotopic (exact) mass is 379 g/mol. The molecule has 1 aliphatic heterocycles. The normalized spacial score (nSPS) is 16.5. The number of carbonyl (C=O) groups excluding carboxylic acids is 1. The number of benzene rings is 2. The molecule has 1 aliphatic rings. The second kappa shape index (κ2) is 8.33. The molecule has 3 aromatic rings. The van der Waals surface area contributed by atoms with Crippen molar-refractivity contribution in [3.05, 3.63) is 54.4 Å². The van der Waals surface area contributed by atoms with E-state index in [2.05, 4.69) is 16.9 Å². The van der Waals surface area contributed by atoms with Gasteiger partial charge >= 0.3 is 0 Å². The third-order valence-electron chi connectivity index (χ3n) is 4.96. The summed E-state index contributed by atoms with van der Waals surface area (Å²) in [4.78, 5) is 22.8. The van der Waals surface area contributed by atoms with E-state index in [4.69, 9.17) is 9.47 Å². The summed E-state index contributed by atoms with van der Waals surface area (Å²) in [5, 5.41) is 0. The number of nitrogens with one attached hydrogen (secondary N) is 1. The van der Waals surface area contributed by atoms with Crippen LogP contribution < -0.4 is 9.47 Å². The van der Waals surface area contributed by atoms with Crippen LogP contribution in [0.4, 0.5) is 0 Å². The number of aromatic nitrogens is 2. The Morgan fingerprint density at radius 2 is 1.89 bits per heavy atom. The number of H-pyrrole nitrogens is 1. The molecule has 1 atom stereocenters. The van der Waals surface area contributed by atoms with Crippen LogP contribution in [0.2, 0.25) is 0 Å². The number of nitrogens with zero attached hydrogens (tertiary/aromatic N) is 2. The lowest BCUT2D eigenvalue weighted by molar-refractivity contribution is -0.134. The Balaban J connectivity index is 1.44. The molecule has 4 rings (SSSR count). The molecular formula is C22H25N3O3. The van der Waals surface area contributed by atoms with E-state index in [1.54, 1.807) is 0 Å². The quantitative estimate of drug-likeness (QED) is 0.671. The number of imidazole rings is 1. The summed E-state index contributed by atoms with van der Waals surface area (Å²) in [7, 11) is 0. The predicted molar refractivity (Wildman–Crippen MR) is 108 cm³/mol. The fraction of sp³-hybridized carbons (Fsp3) is 0.364. The van der Waals surface area contributed by atoms with Crippen molar-refractivity contribution < 1.29 is 14.3 Å². The number of fused-ring (bicyclic) bond motifs is 1. The summed E-state index contributed by atoms with van der Waals surface area (Å²) in [6, 6.07) is 15.4. The number of hydrogen-bond donors (Lipinski definition) is 1. The maximum atomic E-state index is 12.9. The number of hydrogen-bond acceptors (Lipinski definition) is 4. The van der Waals surface area contributed by atoms with Crippen molar-refractivity contribution in [2.24, 2.45) is 0 Å². The van der Waals surface area contributed by atoms with Crippen LogP contribution in [-0.4, -0.2) is 40.5 Å². The number of para-hydroxylation sites is 4. The first-order valence-corrected chi connectivity index (χ1v) is 9.85. The lowest BCUT2D eigenvalue weighted by Gasteiger charge is -2.23. The van der Waals surface area contributed by atoms with Gasteiger partial charge in [0.05, 0.1) is 23.7 Å². The van der Waals surface area contributed by atoms with E-state index in [1.165, 1.54) is 0 Å². The van der Waals surface area contributed by atoms with Crippen LogP contribution in [0.15, 0.2) is 48.5 Å². The fourth-order valence-corrected chi connectivity index (χ4v) is 3.60. The van der Waals surface area contributed by atoms with Gasteiger partial charge in [0.25, 0.3) is 5.91 Å². The van der Waals surface area contributed by atoms with Gasteiger partial charge in [-0.05, 0) is 43.5 Å². The highest BCUT2D eigenvalue weighted by molar-refractivity contribution is 5.79. The molecule has 28 heavy (non-hydrogen) atoms. The minimum atomic E-state index is -0.0340. The lowest BCUT2D eigenvalue weighted by atomic mass is 10.2. The molecule has 0 spiro atoms. The van der Waals surface area contributed by atoms with Crippen LogP contribution in [0.1, 0.15) is 38.1 Å². The predicted octanol–water partition coefficient (Wildman–Crippen LogP) is 4.09. The minimum Gasteiger partial charge on any atom is -0.490 e. The van der Waals surface area contributed by atoms with Crippen molar-refractivity contribution >= 4 is 16.9 Å². The molecule has 1 saturated heterocycles. The molecule has 0 saturated carbocycles. The van der Waals surface area contributed by atoms with E-state index < -0.39 is 0 Å². The Hall–Kier alpha value is -3.02. The smallest absolute Gasteiger partial charge is 0.261 e. The summed E-state index contributed by atoms with van der Waals surface area (Å²) in [6.07, 6.45) is 2.78. The third-order valence-corrected chi connectivity index (χ3v) is 4.96. The Kier molecular flexibility index (Phi) is 5.46. The Labute approximate surface area is 164 Å². The second-order valence-electron chi connectivity index (χ2n) is 6.97. The van der Waals surface area contributed by atoms with Crippen molar-refractivity contribution in [2.75, 3.05) is 19.8 Å². The SMILES string of the molecule is CCCOc1ccccc1OCC(=O)N1CCCC1c1nc2ccccc2[nH]1. The third kappa shape index (κ3) is 3.81. The van der Waals surface area contributed by atoms with E-state index in [1.807, 2.05) is 53.4 Å². The zero-order valence-corrected chi connectivity index (χ0v) is 16.1. The van der Waals surface area contributed by atoms with Crippen LogP contribution in [0.5, 0.6) is 11.5 Å². The zero-order chi connectivity index (χ0) is 19.3. The number of amides is 1. The van der Waals surface area contributed by atoms with Gasteiger partial charge in [-0.2, -0.15) is 0 Å². The number of likely N-dealkylation sites (tertiary alicyclic amines) is 1. The first-order chi connectivity index (χ1) is 13.8. The van der Waals surface area contributed by atoms with Gasteiger partial charge in [0, 0.05) is 6.54 Å². The zero-order valence-electron chi connectivity index (χ0n) is 16.1. The van der Waals surface area contributed by atoms with Crippen LogP contribution in [0, 0.1) is 0 Å². The largest absolute Gasteiger partial charge is 0.490 e. The topological polar surface area (TPSA) is 67.5 Å². The molecule has 2 heterocycles. The molecule has 6 heteroatoms. The van der Waals surface area contributed by atoms with Crippen LogP contribution >= 0.6 is 0 Å². The number of ether oxygens (including phenoxy) is 2. The number of carbonyl (C=O) groups is 1. The Bertz CT molecular complexity index is 920. The van der Waals surface area contributed by atoms with Gasteiger partial charge in [-0.25, -0.2) is 4.98 Å². The van der Waals surface area contributed by atoms with Crippen molar-refractivity contribution in [1.29, 1.82) is 0 Å². The molecule has 1 unspecified atom stereocenters. The van der Waals surface area contributed by atoms with Gasteiger partial charge in [0.2, 0.25) is 0 Å². The van der Waals surface area contributed by atoms with Crippen molar-refractivity contribution in [1.82, 2.24) is 14.9 Å². The Morgan fingerprint density at radius 1 is 1.14 bits per heavy atom. The van der Waals surface area contributed by atoms with Crippen molar-refractivity contribution in [2.45, 2.75) is 32.2 Å². The van der Waals surface area contributed by atoms with Gasteiger partial charge in [-0.15, -0.1) is 0 Å². The molecule has 1 amide bonds. The summed E-state index contributed by atoms with van der Waals surface area (Å²) in [5.74, 6) is 2.09. The molecule has 0 bridgehead atoms. The van der Waals surface area contributed by atoms with Gasteiger partial charge in [0.15, 0.2) is 18.1 Å². The molecule has 0 aliphatic carbocycles. The van der Waals surface area contributed by atoms with Gasteiger partial charge in [-0.3, -0.25) is 4.79 Å². The summed E-state index contributed by atoms with van der Waals surface area (Å²) < 4.78 is 11.5. The van der Waals surface area contributed by atoms with Crippen molar-refractivity contribution in [3.63, 3.8) is 0 Å². The average molecular weight is 379 g/mol. The van der Waals surface area contributed by atoms with Gasteiger partial charge in [-0.1, -0.05) is 31.2 Å². The van der Waals surface area contributed by atoms with E-state index >= 15 is 0 Å². The molecule has 1 N–H and O–H groups in total. The van der Waals surface area contributed by atoms with E-state index in [0.29, 0.717) is 18.1 Å². The summed E-state index contributed by atoms with van der Waals surface area (Å²) in [6.45, 7) is 3.38. The van der Waals surface area contributed by atoms with E-state index in [-0.39, 0.29) is 18.6 Å². The van der Waals surface area contributed by atoms with E-state index in [0.717, 1.165) is 42.7 Å². The van der Waals surface area contributed by atoms with Crippen LogP contribution in [0.3, 0.4) is 0 Å². The molecular weight excluding hydrogens is 354 g/mol. The Morgan fingerprint density at radius 3 is 2.68 bits per heavy atom. The van der Waals surface area contributed by atoms with Crippen molar-refractivity contribution in [3.8, 4) is 11.5 Å². The average Bonchev–Trinajstić information content (AvgIpc) is 3.37. The van der Waals surface area contributed by atoms with E-state index in [9.17, 15) is 4.79 Å². The maximum Gasteiger partial charge on any atom is 0.261 e. The lowest BCUT2D eigenvalue weighted by Crippen LogP contribution is -2.34. The summed E-state index contributed by atoms with van der Waals surface area (Å²) >= 11 is 0. The number of aromatic amines is 1. The van der Waals surface area contributed by atoms with Gasteiger partial charge in [0.1, 0.15) is 5.82 Å². The minimum absolute atomic E-state index is 0.0107. The van der Waals surface area contributed by atoms with Crippen LogP contribution in [-0.2, 0) is 4.79 Å². The maximum absolute atomic E-state index is 12.9. The summed E-state index contributed by atoms with van der Waals surface area (Å²) in [5.41, 5.74) is 1.92. The van der Waals surface area contributed by atoms with Crippen LogP contribution in [0.25, 0.3) is 11.0 Å². The molecule has 1 aromatic heterocycles. The molecule has 6 nitrogen and oxygen atoms in total. The molecule has 0 radical (unpaired) electrons. The van der Waals surface area contributed by atoms with Gasteiger partial charge < -0.3 is 19.4 Å². The highest BCUT2D eigenvalue weighted by atomic mass is 16.5. The first-order valence-electron chi connectivity index (χ1n) is 9.85. The standard InChI is InChI=1S/C22H25N3O3/c1-2-14-27-19-11-5-6-12-20(19)28-15-21(26)25-13-7-10-18(25)22-23-16-8-3-4-9-17(16)24-22/h3-6,8-9,11-12,18H,2,7,10,13-15H2,1H3,(H,23,24). The second-order valence-corrected chi connectivity index (χ2v) is 6.97. The highest BCUT2D eigenvalue weighted by Gasteiger charge is 2.32. The first kappa shape index (κ1) is 18.3. The highest BCUT2D eigenvalue weighted by Crippen LogP contribution is 2.32. The fourth-order valence-electron chi connectivity index (χ4n) is 3.60.